The molecule has 116 valence electrons. The highest BCUT2D eigenvalue weighted by atomic mass is 16.5. The summed E-state index contributed by atoms with van der Waals surface area (Å²) in [5.41, 5.74) is 9.02. The van der Waals surface area contributed by atoms with Crippen molar-refractivity contribution < 1.29 is 9.53 Å². The highest BCUT2D eigenvalue weighted by Gasteiger charge is 2.15. The van der Waals surface area contributed by atoms with E-state index >= 15 is 0 Å². The highest BCUT2D eigenvalue weighted by molar-refractivity contribution is 5.82. The summed E-state index contributed by atoms with van der Waals surface area (Å²) >= 11 is 0. The third-order valence-corrected chi connectivity index (χ3v) is 3.61. The van der Waals surface area contributed by atoms with Gasteiger partial charge in [0.25, 0.3) is 0 Å². The quantitative estimate of drug-likeness (QED) is 0.860. The summed E-state index contributed by atoms with van der Waals surface area (Å²) in [5.74, 6) is 0.665. The predicted molar refractivity (Wildman–Crippen MR) is 87.8 cm³/mol. The maximum Gasteiger partial charge on any atom is 0.241 e. The Hall–Kier alpha value is -2.33. The van der Waals surface area contributed by atoms with Crippen LogP contribution >= 0.6 is 0 Å². The lowest BCUT2D eigenvalue weighted by atomic mass is 10.1. The van der Waals surface area contributed by atoms with E-state index < -0.39 is 6.04 Å². The topological polar surface area (TPSA) is 64.3 Å². The molecular formula is C18H22N2O2. The molecule has 0 fully saturated rings. The van der Waals surface area contributed by atoms with E-state index in [-0.39, 0.29) is 5.91 Å². The number of carbonyl (C=O) groups is 1. The highest BCUT2D eigenvalue weighted by Crippen LogP contribution is 2.17. The van der Waals surface area contributed by atoms with Crippen LogP contribution in [0.25, 0.3) is 0 Å². The maximum atomic E-state index is 12.1. The number of aryl methyl sites for hydroxylation is 1. The SMILES string of the molecule is COc1ccccc1CCNC(=O)C(N)c1ccc(C)cc1. The normalized spacial score (nSPS) is 11.8. The first-order chi connectivity index (χ1) is 10.6. The number of methoxy groups -OCH3 is 1. The summed E-state index contributed by atoms with van der Waals surface area (Å²) in [4.78, 5) is 12.1. The number of carbonyl (C=O) groups excluding carboxylic acids is 1. The molecule has 2 rings (SSSR count). The molecule has 0 aromatic heterocycles. The van der Waals surface area contributed by atoms with Crippen molar-refractivity contribution in [2.75, 3.05) is 13.7 Å². The first-order valence-corrected chi connectivity index (χ1v) is 7.33. The molecule has 0 radical (unpaired) electrons. The minimum absolute atomic E-state index is 0.168. The zero-order valence-electron chi connectivity index (χ0n) is 13.0. The van der Waals surface area contributed by atoms with E-state index in [0.29, 0.717) is 13.0 Å². The molecule has 0 aliphatic rings. The first-order valence-electron chi connectivity index (χ1n) is 7.33. The minimum atomic E-state index is -0.640. The second-order valence-corrected chi connectivity index (χ2v) is 5.24. The van der Waals surface area contributed by atoms with Gasteiger partial charge in [0.2, 0.25) is 5.91 Å². The van der Waals surface area contributed by atoms with E-state index in [1.807, 2.05) is 55.5 Å². The molecule has 1 atom stereocenters. The third-order valence-electron chi connectivity index (χ3n) is 3.61. The Morgan fingerprint density at radius 1 is 1.18 bits per heavy atom. The lowest BCUT2D eigenvalue weighted by Gasteiger charge is -2.13. The molecule has 0 saturated carbocycles. The molecule has 1 amide bonds. The van der Waals surface area contributed by atoms with Gasteiger partial charge in [0.15, 0.2) is 0 Å². The molecule has 1 unspecified atom stereocenters. The first kappa shape index (κ1) is 16.0. The Morgan fingerprint density at radius 2 is 1.86 bits per heavy atom. The average Bonchev–Trinajstić information content (AvgIpc) is 2.55. The van der Waals surface area contributed by atoms with Crippen molar-refractivity contribution in [3.63, 3.8) is 0 Å². The van der Waals surface area contributed by atoms with Crippen molar-refractivity contribution in [3.8, 4) is 5.75 Å². The summed E-state index contributed by atoms with van der Waals surface area (Å²) < 4.78 is 5.29. The van der Waals surface area contributed by atoms with E-state index in [2.05, 4.69) is 5.32 Å². The van der Waals surface area contributed by atoms with Crippen molar-refractivity contribution in [1.82, 2.24) is 5.32 Å². The number of hydrogen-bond acceptors (Lipinski definition) is 3. The number of hydrogen-bond donors (Lipinski definition) is 2. The number of amides is 1. The molecule has 0 bridgehead atoms. The number of ether oxygens (including phenoxy) is 1. The second kappa shape index (κ2) is 7.61. The van der Waals surface area contributed by atoms with Gasteiger partial charge < -0.3 is 15.8 Å². The van der Waals surface area contributed by atoms with Crippen LogP contribution in [0.4, 0.5) is 0 Å². The molecule has 0 saturated heterocycles. The molecule has 3 N–H and O–H groups in total. The summed E-state index contributed by atoms with van der Waals surface area (Å²) in [7, 11) is 1.64. The van der Waals surface area contributed by atoms with Crippen LogP contribution < -0.4 is 15.8 Å². The Morgan fingerprint density at radius 3 is 2.55 bits per heavy atom. The van der Waals surface area contributed by atoms with Crippen molar-refractivity contribution in [1.29, 1.82) is 0 Å². The van der Waals surface area contributed by atoms with Gasteiger partial charge in [0.05, 0.1) is 7.11 Å². The molecule has 22 heavy (non-hydrogen) atoms. The number of nitrogens with two attached hydrogens (primary N) is 1. The smallest absolute Gasteiger partial charge is 0.241 e. The molecule has 4 heteroatoms. The Balaban J connectivity index is 1.88. The monoisotopic (exact) mass is 298 g/mol. The van der Waals surface area contributed by atoms with Crippen LogP contribution in [0.2, 0.25) is 0 Å². The largest absolute Gasteiger partial charge is 0.496 e. The zero-order chi connectivity index (χ0) is 15.9. The fourth-order valence-corrected chi connectivity index (χ4v) is 2.26. The van der Waals surface area contributed by atoms with E-state index in [1.165, 1.54) is 0 Å². The van der Waals surface area contributed by atoms with Crippen LogP contribution in [0.1, 0.15) is 22.7 Å². The van der Waals surface area contributed by atoms with Crippen LogP contribution in [0.3, 0.4) is 0 Å². The fourth-order valence-electron chi connectivity index (χ4n) is 2.26. The summed E-state index contributed by atoms with van der Waals surface area (Å²) in [5, 5.41) is 2.88. The number of rotatable bonds is 6. The van der Waals surface area contributed by atoms with Gasteiger partial charge in [0.1, 0.15) is 11.8 Å². The van der Waals surface area contributed by atoms with E-state index in [9.17, 15) is 4.79 Å². The Labute approximate surface area is 131 Å². The Bertz CT molecular complexity index is 623. The summed E-state index contributed by atoms with van der Waals surface area (Å²) in [6.45, 7) is 2.53. The number of para-hydroxylation sites is 1. The van der Waals surface area contributed by atoms with Crippen molar-refractivity contribution in [3.05, 3.63) is 65.2 Å². The zero-order valence-corrected chi connectivity index (χ0v) is 13.0. The average molecular weight is 298 g/mol. The van der Waals surface area contributed by atoms with Crippen LogP contribution in [0.5, 0.6) is 5.75 Å². The van der Waals surface area contributed by atoms with Crippen LogP contribution in [-0.2, 0) is 11.2 Å². The van der Waals surface area contributed by atoms with Gasteiger partial charge in [0, 0.05) is 6.54 Å². The molecule has 4 nitrogen and oxygen atoms in total. The van der Waals surface area contributed by atoms with Gasteiger partial charge in [-0.05, 0) is 30.5 Å². The van der Waals surface area contributed by atoms with Gasteiger partial charge in [-0.2, -0.15) is 0 Å². The molecular weight excluding hydrogens is 276 g/mol. The van der Waals surface area contributed by atoms with Crippen LogP contribution in [-0.4, -0.2) is 19.6 Å². The van der Waals surface area contributed by atoms with Gasteiger partial charge in [-0.3, -0.25) is 4.79 Å². The fraction of sp³-hybridized carbons (Fsp3) is 0.278. The molecule has 0 aliphatic heterocycles. The maximum absolute atomic E-state index is 12.1. The van der Waals surface area contributed by atoms with Gasteiger partial charge >= 0.3 is 0 Å². The molecule has 2 aromatic carbocycles. The van der Waals surface area contributed by atoms with Crippen molar-refractivity contribution in [2.24, 2.45) is 5.73 Å². The van der Waals surface area contributed by atoms with E-state index in [1.54, 1.807) is 7.11 Å². The van der Waals surface area contributed by atoms with E-state index in [0.717, 1.165) is 22.4 Å². The lowest BCUT2D eigenvalue weighted by Crippen LogP contribution is -2.35. The van der Waals surface area contributed by atoms with Crippen molar-refractivity contribution >= 4 is 5.91 Å². The molecule has 0 aliphatic carbocycles. The summed E-state index contributed by atoms with van der Waals surface area (Å²) in [6, 6.07) is 14.8. The van der Waals surface area contributed by atoms with Crippen LogP contribution in [0.15, 0.2) is 48.5 Å². The summed E-state index contributed by atoms with van der Waals surface area (Å²) in [6.07, 6.45) is 0.705. The van der Waals surface area contributed by atoms with Gasteiger partial charge in [-0.1, -0.05) is 48.0 Å². The molecule has 0 heterocycles. The lowest BCUT2D eigenvalue weighted by molar-refractivity contribution is -0.122. The van der Waals surface area contributed by atoms with Crippen LogP contribution in [0, 0.1) is 6.92 Å². The number of nitrogens with one attached hydrogen (secondary N) is 1. The van der Waals surface area contributed by atoms with Gasteiger partial charge in [-0.25, -0.2) is 0 Å². The number of benzene rings is 2. The predicted octanol–water partition coefficient (Wildman–Crippen LogP) is 2.36. The van der Waals surface area contributed by atoms with Crippen molar-refractivity contribution in [2.45, 2.75) is 19.4 Å². The third kappa shape index (κ3) is 4.09. The Kier molecular flexibility index (Phi) is 5.55. The molecule has 0 spiro atoms. The standard InChI is InChI=1S/C18H22N2O2/c1-13-7-9-15(10-8-13)17(19)18(21)20-12-11-14-5-3-4-6-16(14)22-2/h3-10,17H,11-12,19H2,1-2H3,(H,20,21). The second-order valence-electron chi connectivity index (χ2n) is 5.24. The molecule has 2 aromatic rings. The van der Waals surface area contributed by atoms with Gasteiger partial charge in [-0.15, -0.1) is 0 Å². The van der Waals surface area contributed by atoms with E-state index in [4.69, 9.17) is 10.5 Å². The minimum Gasteiger partial charge on any atom is -0.496 e.